The van der Waals surface area contributed by atoms with Crippen LogP contribution in [0.5, 0.6) is 5.88 Å². The van der Waals surface area contributed by atoms with E-state index in [9.17, 15) is 0 Å². The zero-order chi connectivity index (χ0) is 19.4. The Labute approximate surface area is 163 Å². The SMILES string of the molecule is CNCc1ccc(-c2cccc(-c3cccc(N)c3C=N)c2Cl)nc1OC. The highest BCUT2D eigenvalue weighted by atomic mass is 35.5. The zero-order valence-corrected chi connectivity index (χ0v) is 16.0. The third-order valence-corrected chi connectivity index (χ3v) is 4.76. The van der Waals surface area contributed by atoms with Gasteiger partial charge in [-0.2, -0.15) is 0 Å². The molecular weight excluding hydrogens is 360 g/mol. The second-order valence-corrected chi connectivity index (χ2v) is 6.39. The Morgan fingerprint density at radius 3 is 2.52 bits per heavy atom. The van der Waals surface area contributed by atoms with Crippen LogP contribution in [0, 0.1) is 5.41 Å². The lowest BCUT2D eigenvalue weighted by atomic mass is 9.96. The number of nitrogens with zero attached hydrogens (tertiary/aromatic N) is 1. The summed E-state index contributed by atoms with van der Waals surface area (Å²) in [5.74, 6) is 0.562. The predicted octanol–water partition coefficient (Wildman–Crippen LogP) is 4.38. The smallest absolute Gasteiger partial charge is 0.218 e. The summed E-state index contributed by atoms with van der Waals surface area (Å²) in [5.41, 5.74) is 11.3. The van der Waals surface area contributed by atoms with Gasteiger partial charge in [-0.25, -0.2) is 4.98 Å². The Kier molecular flexibility index (Phi) is 5.74. The number of pyridine rings is 1. The molecule has 0 spiro atoms. The van der Waals surface area contributed by atoms with Crippen LogP contribution in [0.1, 0.15) is 11.1 Å². The van der Waals surface area contributed by atoms with Crippen molar-refractivity contribution in [1.29, 1.82) is 5.41 Å². The summed E-state index contributed by atoms with van der Waals surface area (Å²) in [6.07, 6.45) is 1.25. The quantitative estimate of drug-likeness (QED) is 0.437. The highest BCUT2D eigenvalue weighted by Crippen LogP contribution is 2.38. The first-order chi connectivity index (χ1) is 13.1. The molecule has 0 fully saturated rings. The van der Waals surface area contributed by atoms with Gasteiger partial charge in [-0.05, 0) is 24.7 Å². The normalized spacial score (nSPS) is 10.6. The van der Waals surface area contributed by atoms with Crippen molar-refractivity contribution in [3.05, 3.63) is 64.7 Å². The Morgan fingerprint density at radius 2 is 1.81 bits per heavy atom. The van der Waals surface area contributed by atoms with Crippen molar-refractivity contribution >= 4 is 23.5 Å². The summed E-state index contributed by atoms with van der Waals surface area (Å²) in [6, 6.07) is 15.2. The monoisotopic (exact) mass is 380 g/mol. The van der Waals surface area contributed by atoms with Crippen molar-refractivity contribution in [2.45, 2.75) is 6.54 Å². The fourth-order valence-corrected chi connectivity index (χ4v) is 3.36. The van der Waals surface area contributed by atoms with Gasteiger partial charge in [-0.1, -0.05) is 48.0 Å². The van der Waals surface area contributed by atoms with Gasteiger partial charge in [0.25, 0.3) is 0 Å². The summed E-state index contributed by atoms with van der Waals surface area (Å²) in [6.45, 7) is 0.663. The molecule has 3 aromatic rings. The summed E-state index contributed by atoms with van der Waals surface area (Å²) in [5, 5.41) is 11.4. The molecule has 0 aliphatic carbocycles. The van der Waals surface area contributed by atoms with E-state index in [0.717, 1.165) is 27.9 Å². The summed E-state index contributed by atoms with van der Waals surface area (Å²) in [4.78, 5) is 4.62. The highest BCUT2D eigenvalue weighted by Gasteiger charge is 2.15. The molecule has 0 aliphatic rings. The number of hydrogen-bond acceptors (Lipinski definition) is 5. The van der Waals surface area contributed by atoms with E-state index in [1.807, 2.05) is 49.5 Å². The standard InChI is InChI=1S/C21H21ClN4O/c1-25-12-13-9-10-19(26-21(13)27-2)16-7-3-6-15(20(16)22)14-5-4-8-18(24)17(14)11-23/h3-11,23,25H,12,24H2,1-2H3. The average Bonchev–Trinajstić information content (AvgIpc) is 2.68. The van der Waals surface area contributed by atoms with E-state index >= 15 is 0 Å². The lowest BCUT2D eigenvalue weighted by Gasteiger charge is -2.14. The average molecular weight is 381 g/mol. The van der Waals surface area contributed by atoms with Crippen LogP contribution in [-0.2, 0) is 6.54 Å². The fourth-order valence-electron chi connectivity index (χ4n) is 3.04. The third kappa shape index (κ3) is 3.65. The highest BCUT2D eigenvalue weighted by molar-refractivity contribution is 6.36. The van der Waals surface area contributed by atoms with Crippen molar-refractivity contribution < 1.29 is 4.74 Å². The first kappa shape index (κ1) is 18.9. The van der Waals surface area contributed by atoms with E-state index in [2.05, 4.69) is 10.3 Å². The van der Waals surface area contributed by atoms with Gasteiger partial charge in [0.1, 0.15) is 0 Å². The number of ether oxygens (including phenoxy) is 1. The first-order valence-electron chi connectivity index (χ1n) is 8.47. The van der Waals surface area contributed by atoms with Crippen molar-refractivity contribution in [2.75, 3.05) is 19.9 Å². The molecule has 0 radical (unpaired) electrons. The molecule has 0 bridgehead atoms. The molecular formula is C21H21ClN4O. The molecule has 0 aliphatic heterocycles. The topological polar surface area (TPSA) is 84.0 Å². The van der Waals surface area contributed by atoms with Crippen LogP contribution in [-0.4, -0.2) is 25.4 Å². The van der Waals surface area contributed by atoms with E-state index in [1.54, 1.807) is 13.2 Å². The van der Waals surface area contributed by atoms with Crippen LogP contribution in [0.15, 0.2) is 48.5 Å². The van der Waals surface area contributed by atoms with Crippen molar-refractivity contribution in [1.82, 2.24) is 10.3 Å². The summed E-state index contributed by atoms with van der Waals surface area (Å²) in [7, 11) is 3.48. The Bertz CT molecular complexity index is 988. The maximum absolute atomic E-state index is 7.70. The number of halogens is 1. The largest absolute Gasteiger partial charge is 0.481 e. The number of anilines is 1. The van der Waals surface area contributed by atoms with E-state index in [1.165, 1.54) is 6.21 Å². The predicted molar refractivity (Wildman–Crippen MR) is 112 cm³/mol. The second kappa shape index (κ2) is 8.20. The molecule has 0 atom stereocenters. The number of nitrogen functional groups attached to an aromatic ring is 1. The van der Waals surface area contributed by atoms with E-state index in [0.29, 0.717) is 28.7 Å². The Balaban J connectivity index is 2.14. The fraction of sp³-hybridized carbons (Fsp3) is 0.143. The molecule has 0 amide bonds. The molecule has 4 N–H and O–H groups in total. The number of nitrogens with two attached hydrogens (primary N) is 1. The molecule has 2 aromatic carbocycles. The molecule has 6 heteroatoms. The molecule has 0 unspecified atom stereocenters. The maximum Gasteiger partial charge on any atom is 0.218 e. The Hall–Kier alpha value is -2.89. The van der Waals surface area contributed by atoms with Gasteiger partial charge in [0.05, 0.1) is 17.8 Å². The van der Waals surface area contributed by atoms with Gasteiger partial charge in [0.15, 0.2) is 0 Å². The van der Waals surface area contributed by atoms with Gasteiger partial charge < -0.3 is 21.2 Å². The summed E-state index contributed by atoms with van der Waals surface area (Å²) >= 11 is 6.75. The molecule has 1 aromatic heterocycles. The number of rotatable bonds is 6. The van der Waals surface area contributed by atoms with Crippen LogP contribution in [0.25, 0.3) is 22.4 Å². The minimum absolute atomic E-state index is 0.542. The van der Waals surface area contributed by atoms with Gasteiger partial charge in [0, 0.05) is 40.7 Å². The van der Waals surface area contributed by atoms with Gasteiger partial charge >= 0.3 is 0 Å². The molecule has 27 heavy (non-hydrogen) atoms. The van der Waals surface area contributed by atoms with Crippen LogP contribution in [0.2, 0.25) is 5.02 Å². The number of nitrogens with one attached hydrogen (secondary N) is 2. The minimum Gasteiger partial charge on any atom is -0.481 e. The van der Waals surface area contributed by atoms with Gasteiger partial charge in [-0.15, -0.1) is 0 Å². The van der Waals surface area contributed by atoms with Crippen molar-refractivity contribution in [2.24, 2.45) is 0 Å². The summed E-state index contributed by atoms with van der Waals surface area (Å²) < 4.78 is 5.43. The molecule has 0 saturated heterocycles. The second-order valence-electron chi connectivity index (χ2n) is 6.02. The third-order valence-electron chi connectivity index (χ3n) is 4.35. The maximum atomic E-state index is 7.70. The zero-order valence-electron chi connectivity index (χ0n) is 15.2. The van der Waals surface area contributed by atoms with Crippen molar-refractivity contribution in [3.63, 3.8) is 0 Å². The number of benzene rings is 2. The number of hydrogen-bond donors (Lipinski definition) is 3. The lowest BCUT2D eigenvalue weighted by molar-refractivity contribution is 0.392. The number of aromatic nitrogens is 1. The van der Waals surface area contributed by atoms with Gasteiger partial charge in [-0.3, -0.25) is 0 Å². The number of methoxy groups -OCH3 is 1. The van der Waals surface area contributed by atoms with Crippen LogP contribution < -0.4 is 15.8 Å². The molecule has 3 rings (SSSR count). The van der Waals surface area contributed by atoms with E-state index in [4.69, 9.17) is 27.5 Å². The van der Waals surface area contributed by atoms with E-state index < -0.39 is 0 Å². The molecule has 138 valence electrons. The first-order valence-corrected chi connectivity index (χ1v) is 8.85. The lowest BCUT2D eigenvalue weighted by Crippen LogP contribution is -2.07. The molecule has 5 nitrogen and oxygen atoms in total. The molecule has 1 heterocycles. The van der Waals surface area contributed by atoms with Crippen LogP contribution >= 0.6 is 11.6 Å². The minimum atomic E-state index is 0.542. The van der Waals surface area contributed by atoms with Crippen molar-refractivity contribution in [3.8, 4) is 28.3 Å². The van der Waals surface area contributed by atoms with Crippen LogP contribution in [0.3, 0.4) is 0 Å². The van der Waals surface area contributed by atoms with E-state index in [-0.39, 0.29) is 0 Å². The van der Waals surface area contributed by atoms with Crippen LogP contribution in [0.4, 0.5) is 5.69 Å². The molecule has 0 saturated carbocycles. The Morgan fingerprint density at radius 1 is 1.11 bits per heavy atom. The van der Waals surface area contributed by atoms with Gasteiger partial charge in [0.2, 0.25) is 5.88 Å².